The highest BCUT2D eigenvalue weighted by Gasteiger charge is 2.29. The fraction of sp³-hybridized carbons (Fsp3) is 0.280. The molecule has 4 rings (SSSR count). The van der Waals surface area contributed by atoms with Crippen molar-refractivity contribution >= 4 is 41.0 Å². The Bertz CT molecular complexity index is 1180. The van der Waals surface area contributed by atoms with Gasteiger partial charge in [0, 0.05) is 43.9 Å². The van der Waals surface area contributed by atoms with Gasteiger partial charge in [-0.05, 0) is 36.8 Å². The summed E-state index contributed by atoms with van der Waals surface area (Å²) in [6, 6.07) is 16.9. The number of rotatable bonds is 7. The smallest absolute Gasteiger partial charge is 0.254 e. The molecule has 2 heterocycles. The molecule has 182 valence electrons. The number of anilines is 1. The second-order valence-electron chi connectivity index (χ2n) is 8.18. The van der Waals surface area contributed by atoms with Crippen LogP contribution in [0, 0.1) is 5.82 Å². The van der Waals surface area contributed by atoms with E-state index in [1.165, 1.54) is 36.0 Å². The van der Waals surface area contributed by atoms with Crippen LogP contribution in [0.2, 0.25) is 5.15 Å². The number of nitrogens with one attached hydrogen (secondary N) is 1. The number of benzene rings is 2. The van der Waals surface area contributed by atoms with Crippen molar-refractivity contribution in [1.82, 2.24) is 20.2 Å². The zero-order valence-electron chi connectivity index (χ0n) is 19.2. The van der Waals surface area contributed by atoms with Gasteiger partial charge < -0.3 is 15.1 Å². The standard InChI is InChI=1S/C25H25ClFN5O2S/c1-17-15-31(11-12-32(17)24(34)19-7-9-20(27)10-8-19)22-13-21(26)29-25(30-22)35-16-23(33)28-14-18-5-3-2-4-6-18/h2-10,13,17H,11-12,14-16H2,1H3,(H,28,33). The molecule has 2 amide bonds. The lowest BCUT2D eigenvalue weighted by atomic mass is 10.1. The van der Waals surface area contributed by atoms with Crippen LogP contribution in [0.5, 0.6) is 0 Å². The van der Waals surface area contributed by atoms with Crippen LogP contribution < -0.4 is 10.2 Å². The molecule has 3 aromatic rings. The molecule has 0 bridgehead atoms. The number of carbonyl (C=O) groups is 2. The summed E-state index contributed by atoms with van der Waals surface area (Å²) in [4.78, 5) is 37.8. The van der Waals surface area contributed by atoms with Crippen LogP contribution in [-0.2, 0) is 11.3 Å². The topological polar surface area (TPSA) is 78.4 Å². The van der Waals surface area contributed by atoms with Gasteiger partial charge in [0.25, 0.3) is 5.91 Å². The zero-order chi connectivity index (χ0) is 24.8. The van der Waals surface area contributed by atoms with Crippen molar-refractivity contribution in [3.63, 3.8) is 0 Å². The first kappa shape index (κ1) is 24.9. The lowest BCUT2D eigenvalue weighted by molar-refractivity contribution is -0.118. The van der Waals surface area contributed by atoms with Crippen molar-refractivity contribution in [3.05, 3.63) is 82.8 Å². The van der Waals surface area contributed by atoms with Crippen molar-refractivity contribution in [2.24, 2.45) is 0 Å². The van der Waals surface area contributed by atoms with Crippen LogP contribution in [0.4, 0.5) is 10.2 Å². The highest BCUT2D eigenvalue weighted by Crippen LogP contribution is 2.24. The van der Waals surface area contributed by atoms with Crippen molar-refractivity contribution in [1.29, 1.82) is 0 Å². The molecule has 1 N–H and O–H groups in total. The van der Waals surface area contributed by atoms with Crippen LogP contribution in [0.15, 0.2) is 65.8 Å². The Hall–Kier alpha value is -3.17. The molecule has 0 saturated carbocycles. The number of piperazine rings is 1. The zero-order valence-corrected chi connectivity index (χ0v) is 20.7. The highest BCUT2D eigenvalue weighted by molar-refractivity contribution is 7.99. The monoisotopic (exact) mass is 513 g/mol. The van der Waals surface area contributed by atoms with Gasteiger partial charge in [0.2, 0.25) is 5.91 Å². The summed E-state index contributed by atoms with van der Waals surface area (Å²) in [5.74, 6) is 0.199. The molecule has 10 heteroatoms. The Balaban J connectivity index is 1.34. The van der Waals surface area contributed by atoms with E-state index in [4.69, 9.17) is 11.6 Å². The Kier molecular flexibility index (Phi) is 8.20. The molecule has 35 heavy (non-hydrogen) atoms. The number of hydrogen-bond donors (Lipinski definition) is 1. The number of amides is 2. The maximum atomic E-state index is 13.2. The molecule has 1 unspecified atom stereocenters. The predicted octanol–water partition coefficient (Wildman–Crippen LogP) is 4.03. The molecule has 1 atom stereocenters. The van der Waals surface area contributed by atoms with Gasteiger partial charge >= 0.3 is 0 Å². The van der Waals surface area contributed by atoms with Crippen LogP contribution in [0.1, 0.15) is 22.8 Å². The summed E-state index contributed by atoms with van der Waals surface area (Å²) in [6.07, 6.45) is 0. The van der Waals surface area contributed by atoms with Crippen LogP contribution in [-0.4, -0.2) is 58.1 Å². The number of aromatic nitrogens is 2. The van der Waals surface area contributed by atoms with Gasteiger partial charge in [-0.1, -0.05) is 53.7 Å². The molecule has 2 aromatic carbocycles. The third-order valence-electron chi connectivity index (χ3n) is 5.63. The lowest BCUT2D eigenvalue weighted by Crippen LogP contribution is -2.54. The Labute approximate surface area is 212 Å². The van der Waals surface area contributed by atoms with Gasteiger partial charge in [-0.2, -0.15) is 0 Å². The van der Waals surface area contributed by atoms with Crippen molar-refractivity contribution in [3.8, 4) is 0 Å². The van der Waals surface area contributed by atoms with E-state index in [1.807, 2.05) is 42.2 Å². The molecule has 1 aliphatic heterocycles. The van der Waals surface area contributed by atoms with E-state index in [1.54, 1.807) is 11.0 Å². The summed E-state index contributed by atoms with van der Waals surface area (Å²) in [5.41, 5.74) is 1.49. The third kappa shape index (κ3) is 6.70. The lowest BCUT2D eigenvalue weighted by Gasteiger charge is -2.40. The van der Waals surface area contributed by atoms with Crippen molar-refractivity contribution < 1.29 is 14.0 Å². The second kappa shape index (κ2) is 11.5. The predicted molar refractivity (Wildman–Crippen MR) is 135 cm³/mol. The summed E-state index contributed by atoms with van der Waals surface area (Å²) in [5, 5.41) is 3.59. The number of carbonyl (C=O) groups excluding carboxylic acids is 2. The first-order chi connectivity index (χ1) is 16.9. The van der Waals surface area contributed by atoms with Gasteiger partial charge in [0.15, 0.2) is 5.16 Å². The normalized spacial score (nSPS) is 15.7. The highest BCUT2D eigenvalue weighted by atomic mass is 35.5. The molecular formula is C25H25ClFN5O2S. The molecule has 1 aromatic heterocycles. The minimum atomic E-state index is -0.373. The van der Waals surface area contributed by atoms with E-state index in [9.17, 15) is 14.0 Å². The van der Waals surface area contributed by atoms with E-state index in [0.29, 0.717) is 47.9 Å². The molecule has 1 saturated heterocycles. The van der Waals surface area contributed by atoms with Gasteiger partial charge in [0.05, 0.1) is 5.75 Å². The minimum Gasteiger partial charge on any atom is -0.353 e. The Morgan fingerprint density at radius 1 is 1.11 bits per heavy atom. The fourth-order valence-corrected chi connectivity index (χ4v) is 4.73. The molecule has 0 radical (unpaired) electrons. The van der Waals surface area contributed by atoms with Gasteiger partial charge in [-0.15, -0.1) is 0 Å². The molecule has 0 spiro atoms. The second-order valence-corrected chi connectivity index (χ2v) is 9.51. The Morgan fingerprint density at radius 2 is 1.86 bits per heavy atom. The first-order valence-corrected chi connectivity index (χ1v) is 12.5. The summed E-state index contributed by atoms with van der Waals surface area (Å²) in [6.45, 7) is 4.03. The SMILES string of the molecule is CC1CN(c2cc(Cl)nc(SCC(=O)NCc3ccccc3)n2)CCN1C(=O)c1ccc(F)cc1. The number of nitrogens with zero attached hydrogens (tertiary/aromatic N) is 4. The van der Waals surface area contributed by atoms with E-state index >= 15 is 0 Å². The van der Waals surface area contributed by atoms with Crippen molar-refractivity contribution in [2.45, 2.75) is 24.7 Å². The molecule has 0 aliphatic carbocycles. The molecule has 1 aliphatic rings. The van der Waals surface area contributed by atoms with E-state index < -0.39 is 0 Å². The van der Waals surface area contributed by atoms with Gasteiger partial charge in [0.1, 0.15) is 16.8 Å². The largest absolute Gasteiger partial charge is 0.353 e. The van der Waals surface area contributed by atoms with Gasteiger partial charge in [-0.3, -0.25) is 9.59 Å². The average Bonchev–Trinajstić information content (AvgIpc) is 2.86. The summed E-state index contributed by atoms with van der Waals surface area (Å²) in [7, 11) is 0. The van der Waals surface area contributed by atoms with E-state index in [2.05, 4.69) is 15.3 Å². The quantitative estimate of drug-likeness (QED) is 0.292. The number of halogens is 2. The number of thioether (sulfide) groups is 1. The van der Waals surface area contributed by atoms with Crippen LogP contribution in [0.25, 0.3) is 0 Å². The number of hydrogen-bond acceptors (Lipinski definition) is 6. The fourth-order valence-electron chi connectivity index (χ4n) is 3.82. The van der Waals surface area contributed by atoms with Crippen LogP contribution >= 0.6 is 23.4 Å². The first-order valence-electron chi connectivity index (χ1n) is 11.2. The third-order valence-corrected chi connectivity index (χ3v) is 6.67. The maximum Gasteiger partial charge on any atom is 0.254 e. The minimum absolute atomic E-state index is 0.0880. The average molecular weight is 514 g/mol. The molecule has 7 nitrogen and oxygen atoms in total. The van der Waals surface area contributed by atoms with E-state index in [0.717, 1.165) is 5.56 Å². The van der Waals surface area contributed by atoms with Crippen molar-refractivity contribution in [2.75, 3.05) is 30.3 Å². The van der Waals surface area contributed by atoms with Gasteiger partial charge in [-0.25, -0.2) is 14.4 Å². The molecular weight excluding hydrogens is 489 g/mol. The Morgan fingerprint density at radius 3 is 2.57 bits per heavy atom. The summed E-state index contributed by atoms with van der Waals surface area (Å²) < 4.78 is 13.2. The maximum absolute atomic E-state index is 13.2. The molecule has 1 fully saturated rings. The van der Waals surface area contributed by atoms with E-state index in [-0.39, 0.29) is 29.4 Å². The van der Waals surface area contributed by atoms with Crippen LogP contribution in [0.3, 0.4) is 0 Å². The summed E-state index contributed by atoms with van der Waals surface area (Å²) >= 11 is 7.47.